The maximum atomic E-state index is 12.7. The van der Waals surface area contributed by atoms with E-state index in [1.165, 1.54) is 12.1 Å². The lowest BCUT2D eigenvalue weighted by molar-refractivity contribution is 0.0696. The van der Waals surface area contributed by atoms with Crippen LogP contribution in [0.4, 0.5) is 0 Å². The van der Waals surface area contributed by atoms with Gasteiger partial charge in [0.2, 0.25) is 0 Å². The molecule has 138 valence electrons. The molecule has 0 saturated heterocycles. The lowest BCUT2D eigenvalue weighted by Crippen LogP contribution is -2.06. The van der Waals surface area contributed by atoms with Crippen molar-refractivity contribution in [3.63, 3.8) is 0 Å². The Hall–Kier alpha value is -3.12. The summed E-state index contributed by atoms with van der Waals surface area (Å²) in [7, 11) is -1.98. The highest BCUT2D eigenvalue weighted by atomic mass is 32.2. The second-order valence-electron chi connectivity index (χ2n) is 6.02. The Bertz CT molecular complexity index is 1050. The first-order valence-corrected chi connectivity index (χ1v) is 9.84. The molecule has 0 radical (unpaired) electrons. The Morgan fingerprint density at radius 2 is 1.52 bits per heavy atom. The molecule has 0 spiro atoms. The number of methoxy groups -OCH3 is 1. The first-order chi connectivity index (χ1) is 12.9. The minimum Gasteiger partial charge on any atom is -0.497 e. The van der Waals surface area contributed by atoms with Crippen LogP contribution in [0.2, 0.25) is 0 Å². The molecule has 3 aromatic rings. The van der Waals surface area contributed by atoms with Crippen LogP contribution >= 0.6 is 0 Å². The molecule has 5 nitrogen and oxygen atoms in total. The summed E-state index contributed by atoms with van der Waals surface area (Å²) in [5, 5.41) is 9.04. The van der Waals surface area contributed by atoms with E-state index < -0.39 is 15.8 Å². The minimum atomic E-state index is -3.58. The van der Waals surface area contributed by atoms with E-state index in [0.29, 0.717) is 5.56 Å². The van der Waals surface area contributed by atoms with Crippen molar-refractivity contribution in [3.05, 3.63) is 83.9 Å². The van der Waals surface area contributed by atoms with Gasteiger partial charge in [0, 0.05) is 0 Å². The van der Waals surface area contributed by atoms with Gasteiger partial charge in [0.05, 0.1) is 23.3 Å². The molecule has 0 aliphatic heterocycles. The number of hydrogen-bond donors (Lipinski definition) is 1. The lowest BCUT2D eigenvalue weighted by atomic mass is 10.1. The third-order valence-corrected chi connectivity index (χ3v) is 5.87. The molecule has 0 aliphatic carbocycles. The van der Waals surface area contributed by atoms with Gasteiger partial charge in [0.1, 0.15) is 5.75 Å². The van der Waals surface area contributed by atoms with E-state index in [-0.39, 0.29) is 16.2 Å². The third-order valence-electron chi connectivity index (χ3n) is 4.17. The molecule has 6 heteroatoms. The zero-order chi connectivity index (χ0) is 19.4. The monoisotopic (exact) mass is 382 g/mol. The van der Waals surface area contributed by atoms with Crippen molar-refractivity contribution in [1.82, 2.24) is 0 Å². The lowest BCUT2D eigenvalue weighted by Gasteiger charge is -2.08. The molecule has 0 aromatic heterocycles. The van der Waals surface area contributed by atoms with Gasteiger partial charge in [-0.25, -0.2) is 13.2 Å². The molecule has 1 N–H and O–H groups in total. The predicted molar refractivity (Wildman–Crippen MR) is 103 cm³/mol. The number of aromatic carboxylic acids is 1. The Balaban J connectivity index is 1.82. The average molecular weight is 382 g/mol. The van der Waals surface area contributed by atoms with Crippen molar-refractivity contribution in [2.45, 2.75) is 10.6 Å². The van der Waals surface area contributed by atoms with E-state index in [4.69, 9.17) is 9.84 Å². The van der Waals surface area contributed by atoms with Gasteiger partial charge in [-0.05, 0) is 53.1 Å². The summed E-state index contributed by atoms with van der Waals surface area (Å²) in [6.45, 7) is 0. The molecule has 0 heterocycles. The second kappa shape index (κ2) is 7.63. The van der Waals surface area contributed by atoms with Gasteiger partial charge in [0.15, 0.2) is 9.84 Å². The molecule has 0 unspecified atom stereocenters. The van der Waals surface area contributed by atoms with E-state index in [2.05, 4.69) is 0 Å². The Morgan fingerprint density at radius 1 is 0.926 bits per heavy atom. The molecule has 27 heavy (non-hydrogen) atoms. The molecule has 0 atom stereocenters. The zero-order valence-electron chi connectivity index (χ0n) is 14.6. The van der Waals surface area contributed by atoms with Gasteiger partial charge in [-0.15, -0.1) is 0 Å². The van der Waals surface area contributed by atoms with E-state index in [1.807, 2.05) is 24.3 Å². The van der Waals surface area contributed by atoms with Crippen molar-refractivity contribution < 1.29 is 23.1 Å². The van der Waals surface area contributed by atoms with Crippen LogP contribution in [-0.4, -0.2) is 26.6 Å². The van der Waals surface area contributed by atoms with Crippen LogP contribution in [0.1, 0.15) is 15.9 Å². The molecule has 0 saturated carbocycles. The number of benzene rings is 3. The highest BCUT2D eigenvalue weighted by molar-refractivity contribution is 7.90. The SMILES string of the molecule is COc1ccc(-c2ccc(S(=O)(=O)Cc3cccc(C(=O)O)c3)cc2)cc1. The third kappa shape index (κ3) is 4.35. The van der Waals surface area contributed by atoms with Crippen molar-refractivity contribution in [2.24, 2.45) is 0 Å². The predicted octanol–water partition coefficient (Wildman–Crippen LogP) is 4.03. The fourth-order valence-corrected chi connectivity index (χ4v) is 4.07. The summed E-state index contributed by atoms with van der Waals surface area (Å²) >= 11 is 0. The Morgan fingerprint density at radius 3 is 2.07 bits per heavy atom. The van der Waals surface area contributed by atoms with Crippen molar-refractivity contribution in [3.8, 4) is 16.9 Å². The summed E-state index contributed by atoms with van der Waals surface area (Å²) in [6, 6.07) is 20.1. The van der Waals surface area contributed by atoms with Gasteiger partial charge in [0.25, 0.3) is 0 Å². The van der Waals surface area contributed by atoms with Crippen molar-refractivity contribution in [1.29, 1.82) is 0 Å². The van der Waals surface area contributed by atoms with Gasteiger partial charge in [-0.3, -0.25) is 0 Å². The smallest absolute Gasteiger partial charge is 0.335 e. The van der Waals surface area contributed by atoms with Crippen LogP contribution in [0.5, 0.6) is 5.75 Å². The van der Waals surface area contributed by atoms with Gasteiger partial charge in [-0.2, -0.15) is 0 Å². The number of carboxylic acid groups (broad SMARTS) is 1. The summed E-state index contributed by atoms with van der Waals surface area (Å²) in [5.74, 6) is -0.588. The number of rotatable bonds is 6. The minimum absolute atomic E-state index is 0.0672. The van der Waals surface area contributed by atoms with Crippen molar-refractivity contribution in [2.75, 3.05) is 7.11 Å². The van der Waals surface area contributed by atoms with Gasteiger partial charge in [-0.1, -0.05) is 36.4 Å². The molecule has 0 amide bonds. The highest BCUT2D eigenvalue weighted by Crippen LogP contribution is 2.25. The zero-order valence-corrected chi connectivity index (χ0v) is 15.4. The fraction of sp³-hybridized carbons (Fsp3) is 0.0952. The standard InChI is InChI=1S/C21H18O5S/c1-26-19-9-5-16(6-10-19)17-7-11-20(12-8-17)27(24,25)14-15-3-2-4-18(13-15)21(22)23/h2-13H,14H2,1H3,(H,22,23). The number of hydrogen-bond acceptors (Lipinski definition) is 4. The number of carboxylic acids is 1. The Kier molecular flexibility index (Phi) is 5.28. The molecule has 0 bridgehead atoms. The van der Waals surface area contributed by atoms with E-state index >= 15 is 0 Å². The van der Waals surface area contributed by atoms with Crippen LogP contribution in [0, 0.1) is 0 Å². The summed E-state index contributed by atoms with van der Waals surface area (Å²) in [4.78, 5) is 11.2. The molecule has 3 aromatic carbocycles. The summed E-state index contributed by atoms with van der Waals surface area (Å²) in [6.07, 6.45) is 0. The number of sulfone groups is 1. The highest BCUT2D eigenvalue weighted by Gasteiger charge is 2.16. The van der Waals surface area contributed by atoms with Crippen LogP contribution in [-0.2, 0) is 15.6 Å². The second-order valence-corrected chi connectivity index (χ2v) is 8.01. The molecule has 3 rings (SSSR count). The maximum Gasteiger partial charge on any atom is 0.335 e. The van der Waals surface area contributed by atoms with Crippen LogP contribution in [0.15, 0.2) is 77.7 Å². The Labute approximate surface area is 157 Å². The van der Waals surface area contributed by atoms with Crippen LogP contribution in [0.3, 0.4) is 0 Å². The number of carbonyl (C=O) groups is 1. The van der Waals surface area contributed by atoms with Gasteiger partial charge >= 0.3 is 5.97 Å². The first kappa shape index (κ1) is 18.7. The maximum absolute atomic E-state index is 12.7. The number of ether oxygens (including phenoxy) is 1. The summed E-state index contributed by atoms with van der Waals surface area (Å²) < 4.78 is 30.4. The van der Waals surface area contributed by atoms with E-state index in [0.717, 1.165) is 16.9 Å². The normalized spacial score (nSPS) is 11.1. The molecule has 0 aliphatic rings. The van der Waals surface area contributed by atoms with Gasteiger partial charge < -0.3 is 9.84 Å². The van der Waals surface area contributed by atoms with Crippen molar-refractivity contribution >= 4 is 15.8 Å². The molecular weight excluding hydrogens is 364 g/mol. The van der Waals surface area contributed by atoms with Crippen LogP contribution < -0.4 is 4.74 Å². The molecule has 0 fully saturated rings. The van der Waals surface area contributed by atoms with E-state index in [9.17, 15) is 13.2 Å². The summed E-state index contributed by atoms with van der Waals surface area (Å²) in [5.41, 5.74) is 2.35. The fourth-order valence-electron chi connectivity index (χ4n) is 2.74. The topological polar surface area (TPSA) is 80.7 Å². The molecular formula is C21H18O5S. The quantitative estimate of drug-likeness (QED) is 0.696. The van der Waals surface area contributed by atoms with Crippen LogP contribution in [0.25, 0.3) is 11.1 Å². The average Bonchev–Trinajstić information content (AvgIpc) is 2.68. The first-order valence-electron chi connectivity index (χ1n) is 8.18. The largest absolute Gasteiger partial charge is 0.497 e. The van der Waals surface area contributed by atoms with E-state index in [1.54, 1.807) is 43.5 Å².